The minimum absolute atomic E-state index is 0.0282. The van der Waals surface area contributed by atoms with Crippen LogP contribution < -0.4 is 16.6 Å². The minimum Gasteiger partial charge on any atom is -0.503 e. The van der Waals surface area contributed by atoms with Gasteiger partial charge in [-0.25, -0.2) is 23.3 Å². The first-order valence-electron chi connectivity index (χ1n) is 11.0. The van der Waals surface area contributed by atoms with Crippen molar-refractivity contribution in [3.63, 3.8) is 0 Å². The molecule has 0 radical (unpaired) electrons. The molecule has 3 aromatic heterocycles. The molecule has 4 N–H and O–H groups in total. The van der Waals surface area contributed by atoms with E-state index in [1.807, 2.05) is 25.1 Å². The van der Waals surface area contributed by atoms with E-state index in [-0.39, 0.29) is 28.3 Å². The normalized spacial score (nSPS) is 12.1. The number of nitrogens with one attached hydrogen (secondary N) is 1. The van der Waals surface area contributed by atoms with Gasteiger partial charge in [0.15, 0.2) is 23.2 Å². The summed E-state index contributed by atoms with van der Waals surface area (Å²) in [5.74, 6) is -2.91. The molecule has 11 heteroatoms. The van der Waals surface area contributed by atoms with Gasteiger partial charge in [-0.05, 0) is 55.3 Å². The SMILES string of the molecule is Cc1ccn2nc([C@H](C)Nc3ncnc(N)c3-c3cc(F)c(O)c(F)c3)n(-c3ccccc3)c(=O)c12. The Bertz CT molecular complexity index is 1640. The van der Waals surface area contributed by atoms with Crippen LogP contribution in [0.5, 0.6) is 5.75 Å². The Morgan fingerprint density at radius 1 is 1.08 bits per heavy atom. The van der Waals surface area contributed by atoms with Crippen molar-refractivity contribution >= 4 is 17.2 Å². The molecular weight excluding hydrogens is 468 g/mol. The van der Waals surface area contributed by atoms with E-state index in [1.165, 1.54) is 15.4 Å². The topological polar surface area (TPSA) is 123 Å². The number of nitrogens with zero attached hydrogens (tertiary/aromatic N) is 5. The van der Waals surface area contributed by atoms with E-state index in [4.69, 9.17) is 5.73 Å². The van der Waals surface area contributed by atoms with Crippen LogP contribution >= 0.6 is 0 Å². The lowest BCUT2D eigenvalue weighted by Gasteiger charge is -2.21. The second kappa shape index (κ2) is 8.77. The first kappa shape index (κ1) is 23.0. The van der Waals surface area contributed by atoms with Crippen LogP contribution in [0.4, 0.5) is 20.4 Å². The van der Waals surface area contributed by atoms with Gasteiger partial charge < -0.3 is 16.2 Å². The Kier molecular flexibility index (Phi) is 5.59. The average Bonchev–Trinajstić information content (AvgIpc) is 3.23. The van der Waals surface area contributed by atoms with E-state index in [1.54, 1.807) is 31.3 Å². The first-order chi connectivity index (χ1) is 17.3. The fraction of sp³-hybridized carbons (Fsp3) is 0.120. The van der Waals surface area contributed by atoms with Crippen LogP contribution in [0.15, 0.2) is 65.8 Å². The van der Waals surface area contributed by atoms with Gasteiger partial charge in [0.05, 0.1) is 17.3 Å². The van der Waals surface area contributed by atoms with Crippen molar-refractivity contribution in [3.8, 4) is 22.6 Å². The van der Waals surface area contributed by atoms with E-state index in [0.717, 1.165) is 17.7 Å². The summed E-state index contributed by atoms with van der Waals surface area (Å²) >= 11 is 0. The molecule has 0 saturated carbocycles. The highest BCUT2D eigenvalue weighted by Crippen LogP contribution is 2.35. The number of aromatic hydroxyl groups is 1. The highest BCUT2D eigenvalue weighted by atomic mass is 19.1. The number of phenols is 1. The molecule has 36 heavy (non-hydrogen) atoms. The van der Waals surface area contributed by atoms with Crippen LogP contribution in [0.2, 0.25) is 0 Å². The van der Waals surface area contributed by atoms with Crippen molar-refractivity contribution in [3.05, 3.63) is 94.4 Å². The number of hydrogen-bond donors (Lipinski definition) is 3. The molecule has 0 saturated heterocycles. The summed E-state index contributed by atoms with van der Waals surface area (Å²) in [6.45, 7) is 3.60. The smallest absolute Gasteiger partial charge is 0.282 e. The third-order valence-corrected chi connectivity index (χ3v) is 5.85. The number of phenolic OH excluding ortho intramolecular Hbond substituents is 1. The predicted molar refractivity (Wildman–Crippen MR) is 131 cm³/mol. The van der Waals surface area contributed by atoms with Gasteiger partial charge in [-0.3, -0.25) is 9.36 Å². The van der Waals surface area contributed by atoms with Crippen molar-refractivity contribution in [2.24, 2.45) is 0 Å². The van der Waals surface area contributed by atoms with Crippen LogP contribution in [-0.4, -0.2) is 29.3 Å². The van der Waals surface area contributed by atoms with E-state index in [9.17, 15) is 18.7 Å². The molecule has 3 heterocycles. The molecule has 0 unspecified atom stereocenters. The lowest BCUT2D eigenvalue weighted by molar-refractivity contribution is 0.396. The van der Waals surface area contributed by atoms with E-state index in [0.29, 0.717) is 17.0 Å². The maximum atomic E-state index is 14.1. The van der Waals surface area contributed by atoms with Crippen molar-refractivity contribution < 1.29 is 13.9 Å². The third-order valence-electron chi connectivity index (χ3n) is 5.85. The Morgan fingerprint density at radius 2 is 1.78 bits per heavy atom. The molecule has 9 nitrogen and oxygen atoms in total. The lowest BCUT2D eigenvalue weighted by Crippen LogP contribution is -2.29. The highest BCUT2D eigenvalue weighted by Gasteiger charge is 2.23. The standard InChI is InChI=1S/C25H21F2N7O2/c1-13-8-9-33-20(13)25(36)34(16-6-4-3-5-7-16)24(32-33)14(2)31-23-19(22(28)29-12-30-23)15-10-17(26)21(35)18(27)11-15/h3-12,14,35H,1-2H3,(H3,28,29,30,31)/t14-/m0/s1. The quantitative estimate of drug-likeness (QED) is 0.341. The monoisotopic (exact) mass is 489 g/mol. The number of hydrogen-bond acceptors (Lipinski definition) is 7. The van der Waals surface area contributed by atoms with E-state index < -0.39 is 23.4 Å². The number of aryl methyl sites for hydroxylation is 1. The predicted octanol–water partition coefficient (Wildman–Crippen LogP) is 3.99. The van der Waals surface area contributed by atoms with Gasteiger partial charge in [0.2, 0.25) is 0 Å². The number of rotatable bonds is 5. The average molecular weight is 489 g/mol. The molecule has 0 amide bonds. The molecule has 0 aliphatic carbocycles. The van der Waals surface area contributed by atoms with Crippen LogP contribution in [0.1, 0.15) is 24.4 Å². The van der Waals surface area contributed by atoms with Crippen molar-refractivity contribution in [1.29, 1.82) is 0 Å². The number of halogens is 2. The fourth-order valence-electron chi connectivity index (χ4n) is 4.11. The molecule has 2 aromatic carbocycles. The number of para-hydroxylation sites is 1. The Morgan fingerprint density at radius 3 is 2.47 bits per heavy atom. The van der Waals surface area contributed by atoms with Gasteiger partial charge in [-0.1, -0.05) is 18.2 Å². The summed E-state index contributed by atoms with van der Waals surface area (Å²) in [5, 5.41) is 17.3. The molecule has 1 atom stereocenters. The molecule has 0 aliphatic heterocycles. The third kappa shape index (κ3) is 3.80. The summed E-state index contributed by atoms with van der Waals surface area (Å²) in [6.07, 6.45) is 2.91. The summed E-state index contributed by atoms with van der Waals surface area (Å²) in [4.78, 5) is 21.7. The van der Waals surface area contributed by atoms with Gasteiger partial charge in [0.1, 0.15) is 23.5 Å². The van der Waals surface area contributed by atoms with Gasteiger partial charge >= 0.3 is 0 Å². The number of aromatic nitrogens is 5. The first-order valence-corrected chi connectivity index (χ1v) is 11.0. The maximum absolute atomic E-state index is 14.1. The van der Waals surface area contributed by atoms with Gasteiger partial charge in [-0.2, -0.15) is 5.10 Å². The van der Waals surface area contributed by atoms with Crippen LogP contribution in [0, 0.1) is 18.6 Å². The summed E-state index contributed by atoms with van der Waals surface area (Å²) < 4.78 is 31.2. The van der Waals surface area contributed by atoms with E-state index in [2.05, 4.69) is 20.4 Å². The molecule has 0 bridgehead atoms. The Hall–Kier alpha value is -4.80. The van der Waals surface area contributed by atoms with Crippen LogP contribution in [0.25, 0.3) is 22.3 Å². The lowest BCUT2D eigenvalue weighted by atomic mass is 10.1. The van der Waals surface area contributed by atoms with E-state index >= 15 is 0 Å². The molecule has 0 aliphatic rings. The number of fused-ring (bicyclic) bond motifs is 1. The number of benzene rings is 2. The molecular formula is C25H21F2N7O2. The Labute approximate surface area is 203 Å². The van der Waals surface area contributed by atoms with Gasteiger partial charge in [-0.15, -0.1) is 0 Å². The summed E-state index contributed by atoms with van der Waals surface area (Å²) in [7, 11) is 0. The largest absolute Gasteiger partial charge is 0.503 e. The van der Waals surface area contributed by atoms with Gasteiger partial charge in [0.25, 0.3) is 5.56 Å². The number of nitrogen functional groups attached to an aromatic ring is 1. The zero-order chi connectivity index (χ0) is 25.6. The molecule has 5 rings (SSSR count). The second-order valence-electron chi connectivity index (χ2n) is 8.26. The molecule has 5 aromatic rings. The zero-order valence-electron chi connectivity index (χ0n) is 19.3. The number of anilines is 2. The van der Waals surface area contributed by atoms with Crippen molar-refractivity contribution in [1.82, 2.24) is 24.1 Å². The van der Waals surface area contributed by atoms with Gasteiger partial charge in [0, 0.05) is 6.20 Å². The summed E-state index contributed by atoms with van der Waals surface area (Å²) in [6, 6.07) is 12.1. The minimum atomic E-state index is -1.15. The highest BCUT2D eigenvalue weighted by molar-refractivity contribution is 5.84. The van der Waals surface area contributed by atoms with Crippen LogP contribution in [-0.2, 0) is 0 Å². The summed E-state index contributed by atoms with van der Waals surface area (Å²) in [5.41, 5.74) is 7.80. The maximum Gasteiger partial charge on any atom is 0.282 e. The zero-order valence-corrected chi connectivity index (χ0v) is 19.3. The van der Waals surface area contributed by atoms with Crippen LogP contribution in [0.3, 0.4) is 0 Å². The number of nitrogens with two attached hydrogens (primary N) is 1. The fourth-order valence-corrected chi connectivity index (χ4v) is 4.11. The second-order valence-corrected chi connectivity index (χ2v) is 8.26. The van der Waals surface area contributed by atoms with Crippen molar-refractivity contribution in [2.75, 3.05) is 11.1 Å². The molecule has 0 fully saturated rings. The Balaban J connectivity index is 1.66. The molecule has 0 spiro atoms. The van der Waals surface area contributed by atoms with Crippen molar-refractivity contribution in [2.45, 2.75) is 19.9 Å². The molecule has 182 valence electrons.